The fraction of sp³-hybridized carbons (Fsp3) is 0.400. The zero-order chi connectivity index (χ0) is 27.0. The lowest BCUT2D eigenvalue weighted by molar-refractivity contribution is -0.117. The summed E-state index contributed by atoms with van der Waals surface area (Å²) in [5, 5.41) is 2.82. The number of amidine groups is 1. The van der Waals surface area contributed by atoms with E-state index in [-0.39, 0.29) is 23.3 Å². The first-order valence-electron chi connectivity index (χ1n) is 11.6. The lowest BCUT2D eigenvalue weighted by atomic mass is 10.2. The molecule has 2 aromatic rings. The molecule has 2 aromatic carbocycles. The summed E-state index contributed by atoms with van der Waals surface area (Å²) in [6.07, 6.45) is -0.733. The number of nitrogens with one attached hydrogen (secondary N) is 1. The molecule has 0 saturated carbocycles. The number of benzene rings is 2. The molecule has 0 aliphatic carbocycles. The van der Waals surface area contributed by atoms with Crippen molar-refractivity contribution in [1.29, 1.82) is 0 Å². The highest BCUT2D eigenvalue weighted by Gasteiger charge is 2.50. The minimum Gasteiger partial charge on any atom is -0.455 e. The lowest BCUT2D eigenvalue weighted by Gasteiger charge is -2.27. The summed E-state index contributed by atoms with van der Waals surface area (Å²) in [5.74, 6) is 0.306. The standard InChI is InChI=1S/C25H28ClN3O6S2/c1-15-6-5-7-17(10-15)34-20-9-8-16(26)11-18(20)29-19-13-37(32,33)14-21(19)36-23(29)28-22(30)12-27-24(31)35-25(2,3)4/h5-11,19,21H,12-14H2,1-4H3,(H,27,31)/t19-,21-/m1/s1. The van der Waals surface area contributed by atoms with Crippen molar-refractivity contribution in [2.24, 2.45) is 4.99 Å². The van der Waals surface area contributed by atoms with Crippen LogP contribution in [0.4, 0.5) is 10.5 Å². The fourth-order valence-electron chi connectivity index (χ4n) is 4.03. The Morgan fingerprint density at radius 2 is 1.95 bits per heavy atom. The molecule has 9 nitrogen and oxygen atoms in total. The summed E-state index contributed by atoms with van der Waals surface area (Å²) < 4.78 is 36.2. The van der Waals surface area contributed by atoms with Gasteiger partial charge in [0.25, 0.3) is 5.91 Å². The van der Waals surface area contributed by atoms with Gasteiger partial charge in [0, 0.05) is 10.3 Å². The average molecular weight is 566 g/mol. The van der Waals surface area contributed by atoms with Gasteiger partial charge in [0.2, 0.25) is 0 Å². The average Bonchev–Trinajstić information content (AvgIpc) is 3.23. The predicted octanol–water partition coefficient (Wildman–Crippen LogP) is 4.57. The van der Waals surface area contributed by atoms with Crippen LogP contribution in [-0.4, -0.2) is 60.5 Å². The van der Waals surface area contributed by atoms with E-state index in [0.717, 1.165) is 5.56 Å². The van der Waals surface area contributed by atoms with Crippen LogP contribution in [0.5, 0.6) is 11.5 Å². The minimum atomic E-state index is -3.27. The van der Waals surface area contributed by atoms with Crippen molar-refractivity contribution in [1.82, 2.24) is 5.32 Å². The van der Waals surface area contributed by atoms with E-state index >= 15 is 0 Å². The van der Waals surface area contributed by atoms with Gasteiger partial charge < -0.3 is 19.7 Å². The zero-order valence-corrected chi connectivity index (χ0v) is 23.2. The Morgan fingerprint density at radius 3 is 2.65 bits per heavy atom. The second-order valence-corrected chi connectivity index (χ2v) is 13.6. The van der Waals surface area contributed by atoms with E-state index in [1.165, 1.54) is 11.8 Å². The van der Waals surface area contributed by atoms with Crippen molar-refractivity contribution in [3.05, 3.63) is 53.1 Å². The van der Waals surface area contributed by atoms with E-state index in [0.29, 0.717) is 27.4 Å². The molecule has 2 aliphatic rings. The third kappa shape index (κ3) is 6.97. The Hall–Kier alpha value is -2.76. The second-order valence-electron chi connectivity index (χ2n) is 9.84. The van der Waals surface area contributed by atoms with Crippen LogP contribution in [0, 0.1) is 6.92 Å². The quantitative estimate of drug-likeness (QED) is 0.561. The first-order chi connectivity index (χ1) is 17.3. The number of hydrogen-bond acceptors (Lipinski definition) is 7. The largest absolute Gasteiger partial charge is 0.455 e. The maximum Gasteiger partial charge on any atom is 0.408 e. The first-order valence-corrected chi connectivity index (χ1v) is 14.7. The summed E-state index contributed by atoms with van der Waals surface area (Å²) in [6, 6.07) is 12.1. The maximum atomic E-state index is 12.7. The number of amides is 2. The minimum absolute atomic E-state index is 0.0309. The Morgan fingerprint density at radius 1 is 1.19 bits per heavy atom. The highest BCUT2D eigenvalue weighted by Crippen LogP contribution is 2.45. The third-order valence-corrected chi connectivity index (χ3v) is 8.91. The van der Waals surface area contributed by atoms with Gasteiger partial charge in [-0.05, 0) is 63.6 Å². The number of thioether (sulfide) groups is 1. The van der Waals surface area contributed by atoms with Crippen LogP contribution >= 0.6 is 23.4 Å². The number of alkyl carbamates (subject to hydrolysis) is 1. The van der Waals surface area contributed by atoms with Gasteiger partial charge in [0.15, 0.2) is 20.8 Å². The number of carbonyl (C=O) groups is 2. The Balaban J connectivity index is 1.65. The SMILES string of the molecule is Cc1cccc(Oc2ccc(Cl)cc2N2C(=NC(=O)CNC(=O)OC(C)(C)C)S[C@@H]3CS(=O)(=O)C[C@H]32)c1. The molecule has 198 valence electrons. The number of aliphatic imine (C=N–C) groups is 1. The number of rotatable bonds is 5. The van der Waals surface area contributed by atoms with Crippen LogP contribution in [0.2, 0.25) is 5.02 Å². The van der Waals surface area contributed by atoms with Crippen LogP contribution in [0.15, 0.2) is 47.5 Å². The van der Waals surface area contributed by atoms with Crippen molar-refractivity contribution in [2.75, 3.05) is 23.0 Å². The number of anilines is 1. The van der Waals surface area contributed by atoms with Crippen molar-refractivity contribution in [3.63, 3.8) is 0 Å². The number of hydrogen-bond donors (Lipinski definition) is 1. The zero-order valence-electron chi connectivity index (χ0n) is 20.9. The molecule has 0 bridgehead atoms. The highest BCUT2D eigenvalue weighted by atomic mass is 35.5. The second kappa shape index (κ2) is 10.5. The van der Waals surface area contributed by atoms with Gasteiger partial charge in [-0.2, -0.15) is 4.99 Å². The van der Waals surface area contributed by atoms with Crippen molar-refractivity contribution >= 4 is 56.1 Å². The molecule has 37 heavy (non-hydrogen) atoms. The van der Waals surface area contributed by atoms with E-state index in [1.807, 2.05) is 31.2 Å². The molecule has 0 aromatic heterocycles. The number of ether oxygens (including phenoxy) is 2. The van der Waals surface area contributed by atoms with Gasteiger partial charge in [0.1, 0.15) is 17.9 Å². The molecule has 2 saturated heterocycles. The number of sulfone groups is 1. The van der Waals surface area contributed by atoms with Crippen molar-refractivity contribution in [2.45, 2.75) is 44.6 Å². The number of nitrogens with zero attached hydrogens (tertiary/aromatic N) is 2. The van der Waals surface area contributed by atoms with E-state index < -0.39 is 33.5 Å². The number of carbonyl (C=O) groups excluding carboxylic acids is 2. The van der Waals surface area contributed by atoms with Gasteiger partial charge in [-0.15, -0.1) is 0 Å². The van der Waals surface area contributed by atoms with Crippen LogP contribution in [0.3, 0.4) is 0 Å². The van der Waals surface area contributed by atoms with E-state index in [2.05, 4.69) is 10.3 Å². The van der Waals surface area contributed by atoms with Crippen LogP contribution < -0.4 is 15.0 Å². The van der Waals surface area contributed by atoms with Gasteiger partial charge in [-0.3, -0.25) is 4.79 Å². The monoisotopic (exact) mass is 565 g/mol. The third-order valence-electron chi connectivity index (χ3n) is 5.47. The number of aryl methyl sites for hydroxylation is 1. The van der Waals surface area contributed by atoms with Gasteiger partial charge in [0.05, 0.1) is 23.2 Å². The van der Waals surface area contributed by atoms with Crippen LogP contribution in [-0.2, 0) is 19.4 Å². The highest BCUT2D eigenvalue weighted by molar-refractivity contribution is 8.16. The van der Waals surface area contributed by atoms with Crippen LogP contribution in [0.25, 0.3) is 0 Å². The maximum absolute atomic E-state index is 12.7. The summed E-state index contributed by atoms with van der Waals surface area (Å²) in [4.78, 5) is 30.6. The molecule has 2 heterocycles. The molecule has 0 spiro atoms. The molecule has 0 unspecified atom stereocenters. The van der Waals surface area contributed by atoms with Gasteiger partial charge >= 0.3 is 6.09 Å². The predicted molar refractivity (Wildman–Crippen MR) is 146 cm³/mol. The van der Waals surface area contributed by atoms with Gasteiger partial charge in [-0.1, -0.05) is 35.5 Å². The fourth-order valence-corrected chi connectivity index (χ4v) is 8.12. The molecule has 0 radical (unpaired) electrons. The number of halogens is 1. The first kappa shape index (κ1) is 27.3. The van der Waals surface area contributed by atoms with E-state index in [1.54, 1.807) is 43.9 Å². The summed E-state index contributed by atoms with van der Waals surface area (Å²) in [7, 11) is -3.27. The normalized spacial score (nSPS) is 21.5. The topological polar surface area (TPSA) is 114 Å². The molecule has 1 N–H and O–H groups in total. The summed E-state index contributed by atoms with van der Waals surface area (Å²) in [6.45, 7) is 6.73. The molecule has 4 rings (SSSR count). The Kier molecular flexibility index (Phi) is 7.77. The molecule has 12 heteroatoms. The number of fused-ring (bicyclic) bond motifs is 1. The Bertz CT molecular complexity index is 1360. The Labute approximate surface area is 225 Å². The summed E-state index contributed by atoms with van der Waals surface area (Å²) >= 11 is 7.55. The molecule has 2 aliphatic heterocycles. The molecule has 2 atom stereocenters. The van der Waals surface area contributed by atoms with Gasteiger partial charge in [-0.25, -0.2) is 13.2 Å². The van der Waals surface area contributed by atoms with Crippen molar-refractivity contribution in [3.8, 4) is 11.5 Å². The van der Waals surface area contributed by atoms with E-state index in [4.69, 9.17) is 21.1 Å². The molecular weight excluding hydrogens is 538 g/mol. The smallest absolute Gasteiger partial charge is 0.408 e. The lowest BCUT2D eigenvalue weighted by Crippen LogP contribution is -2.39. The molecule has 2 amide bonds. The van der Waals surface area contributed by atoms with Crippen LogP contribution in [0.1, 0.15) is 26.3 Å². The van der Waals surface area contributed by atoms with E-state index in [9.17, 15) is 18.0 Å². The molecule has 2 fully saturated rings. The summed E-state index contributed by atoms with van der Waals surface area (Å²) in [5.41, 5.74) is 0.801. The van der Waals surface area contributed by atoms with Crippen molar-refractivity contribution < 1.29 is 27.5 Å². The molecular formula is C25H28ClN3O6S2.